The zero-order valence-electron chi connectivity index (χ0n) is 16.6. The van der Waals surface area contributed by atoms with E-state index < -0.39 is 0 Å². The topological polar surface area (TPSA) is 58.4 Å². The maximum Gasteiger partial charge on any atom is 0.221 e. The van der Waals surface area contributed by atoms with E-state index in [2.05, 4.69) is 48.3 Å². The van der Waals surface area contributed by atoms with Gasteiger partial charge in [0.15, 0.2) is 0 Å². The summed E-state index contributed by atoms with van der Waals surface area (Å²) < 4.78 is 0. The first-order valence-electron chi connectivity index (χ1n) is 9.35. The molecular weight excluding hydrogens is 393 g/mol. The first-order chi connectivity index (χ1) is 12.5. The van der Waals surface area contributed by atoms with Crippen LogP contribution in [0.1, 0.15) is 43.0 Å². The number of rotatable bonds is 6. The maximum atomic E-state index is 12.3. The van der Waals surface area contributed by atoms with Gasteiger partial charge in [0.2, 0.25) is 5.91 Å². The van der Waals surface area contributed by atoms with Gasteiger partial charge in [-0.1, -0.05) is 54.6 Å². The molecule has 0 saturated carbocycles. The highest BCUT2D eigenvalue weighted by Crippen LogP contribution is 2.25. The quantitative estimate of drug-likeness (QED) is 0.740. The van der Waals surface area contributed by atoms with E-state index in [1.54, 1.807) is 0 Å². The zero-order valence-corrected chi connectivity index (χ0v) is 18.2. The Bertz CT molecular complexity index is 752. The van der Waals surface area contributed by atoms with Crippen molar-refractivity contribution >= 4 is 30.7 Å². The van der Waals surface area contributed by atoms with Crippen molar-refractivity contribution in [2.75, 3.05) is 13.1 Å². The lowest BCUT2D eigenvalue weighted by atomic mass is 9.94. The lowest BCUT2D eigenvalue weighted by molar-refractivity contribution is -0.122. The van der Waals surface area contributed by atoms with Crippen LogP contribution < -0.4 is 11.1 Å². The largest absolute Gasteiger partial charge is 0.354 e. The Hall–Kier alpha value is -1.59. The molecule has 1 atom stereocenters. The third kappa shape index (κ3) is 6.21. The third-order valence-electron chi connectivity index (χ3n) is 5.34. The number of nitrogens with one attached hydrogen (secondary N) is 1. The Kier molecular flexibility index (Phi) is 9.45. The number of benzene rings is 2. The summed E-state index contributed by atoms with van der Waals surface area (Å²) >= 11 is 0. The van der Waals surface area contributed by atoms with Crippen LogP contribution in [0.25, 0.3) is 0 Å². The van der Waals surface area contributed by atoms with Crippen LogP contribution in [-0.2, 0) is 17.8 Å². The summed E-state index contributed by atoms with van der Waals surface area (Å²) in [5.74, 6) is 0.00633. The maximum absolute atomic E-state index is 12.3. The lowest BCUT2D eigenvalue weighted by Crippen LogP contribution is -2.53. The molecule has 0 saturated heterocycles. The number of hydrogen-bond donors (Lipinski definition) is 2. The van der Waals surface area contributed by atoms with E-state index in [9.17, 15) is 4.79 Å². The fraction of sp³-hybridized carbons (Fsp3) is 0.409. The normalized spacial score (nSPS) is 14.8. The average Bonchev–Trinajstić information content (AvgIpc) is 2.67. The molecule has 2 aromatic carbocycles. The summed E-state index contributed by atoms with van der Waals surface area (Å²) in [6.45, 7) is 6.96. The van der Waals surface area contributed by atoms with Crippen LogP contribution in [0, 0.1) is 0 Å². The van der Waals surface area contributed by atoms with Gasteiger partial charge < -0.3 is 11.1 Å². The number of fused-ring (bicyclic) bond motifs is 1. The molecule has 1 unspecified atom stereocenters. The molecule has 28 heavy (non-hydrogen) atoms. The summed E-state index contributed by atoms with van der Waals surface area (Å²) in [5.41, 5.74) is 9.89. The van der Waals surface area contributed by atoms with Crippen molar-refractivity contribution in [1.82, 2.24) is 10.2 Å². The minimum Gasteiger partial charge on any atom is -0.354 e. The molecule has 2 aromatic rings. The van der Waals surface area contributed by atoms with Crippen LogP contribution in [0.4, 0.5) is 0 Å². The molecular formula is C22H31Cl2N3O. The Balaban J connectivity index is 0.00000196. The van der Waals surface area contributed by atoms with E-state index >= 15 is 0 Å². The number of nitrogens with zero attached hydrogens (tertiary/aromatic N) is 1. The summed E-state index contributed by atoms with van der Waals surface area (Å²) in [6, 6.07) is 18.1. The van der Waals surface area contributed by atoms with E-state index in [0.29, 0.717) is 13.0 Å². The molecule has 1 heterocycles. The monoisotopic (exact) mass is 423 g/mol. The van der Waals surface area contributed by atoms with Crippen LogP contribution in [0.5, 0.6) is 0 Å². The smallest absolute Gasteiger partial charge is 0.221 e. The van der Waals surface area contributed by atoms with Crippen LogP contribution in [0.2, 0.25) is 0 Å². The second-order valence-corrected chi connectivity index (χ2v) is 7.75. The molecule has 1 amide bonds. The molecule has 3 N–H and O–H groups in total. The molecule has 1 aliphatic heterocycles. The van der Waals surface area contributed by atoms with Crippen LogP contribution >= 0.6 is 24.8 Å². The molecule has 0 fully saturated rings. The number of nitrogens with two attached hydrogens (primary N) is 1. The van der Waals surface area contributed by atoms with Gasteiger partial charge in [-0.25, -0.2) is 0 Å². The Labute approximate surface area is 180 Å². The molecule has 0 aromatic heterocycles. The highest BCUT2D eigenvalue weighted by atomic mass is 35.5. The number of halogens is 2. The summed E-state index contributed by atoms with van der Waals surface area (Å²) in [6.07, 6.45) is 1.37. The third-order valence-corrected chi connectivity index (χ3v) is 5.34. The molecule has 0 bridgehead atoms. The van der Waals surface area contributed by atoms with E-state index in [-0.39, 0.29) is 42.3 Å². The van der Waals surface area contributed by atoms with Gasteiger partial charge >= 0.3 is 0 Å². The standard InChI is InChI=1S/C22H29N3O.2ClH/c1-22(2,25-13-12-17-8-6-7-11-19(17)15-25)16-24-21(26)14-20(23)18-9-4-3-5-10-18;;/h3-11,20H,12-16,23H2,1-2H3,(H,24,26);2*1H. The van der Waals surface area contributed by atoms with Gasteiger partial charge in [0.05, 0.1) is 0 Å². The minimum atomic E-state index is -0.263. The first kappa shape index (κ1) is 24.4. The van der Waals surface area contributed by atoms with Gasteiger partial charge in [0, 0.05) is 37.6 Å². The van der Waals surface area contributed by atoms with Gasteiger partial charge in [-0.2, -0.15) is 0 Å². The van der Waals surface area contributed by atoms with E-state index in [1.807, 2.05) is 30.3 Å². The molecule has 0 radical (unpaired) electrons. The zero-order chi connectivity index (χ0) is 18.6. The van der Waals surface area contributed by atoms with Crippen molar-refractivity contribution in [1.29, 1.82) is 0 Å². The number of carbonyl (C=O) groups is 1. The molecule has 0 aliphatic carbocycles. The van der Waals surface area contributed by atoms with E-state index in [0.717, 1.165) is 25.1 Å². The SMILES string of the molecule is CC(C)(CNC(=O)CC(N)c1ccccc1)N1CCc2ccccc2C1.Cl.Cl. The molecule has 3 rings (SSSR count). The van der Waals surface area contributed by atoms with Gasteiger partial charge in [0.25, 0.3) is 0 Å². The highest BCUT2D eigenvalue weighted by Gasteiger charge is 2.30. The first-order valence-corrected chi connectivity index (χ1v) is 9.35. The minimum absolute atomic E-state index is 0. The van der Waals surface area contributed by atoms with Crippen molar-refractivity contribution in [3.05, 3.63) is 71.3 Å². The van der Waals surface area contributed by atoms with Gasteiger partial charge in [-0.05, 0) is 37.0 Å². The fourth-order valence-corrected chi connectivity index (χ4v) is 3.53. The van der Waals surface area contributed by atoms with Crippen molar-refractivity contribution < 1.29 is 4.79 Å². The summed E-state index contributed by atoms with van der Waals surface area (Å²) in [5, 5.41) is 3.08. The molecule has 6 heteroatoms. The van der Waals surface area contributed by atoms with Crippen molar-refractivity contribution in [2.45, 2.75) is 44.8 Å². The lowest BCUT2D eigenvalue weighted by Gasteiger charge is -2.41. The van der Waals surface area contributed by atoms with Gasteiger partial charge in [0.1, 0.15) is 0 Å². The van der Waals surface area contributed by atoms with Crippen molar-refractivity contribution in [3.8, 4) is 0 Å². The van der Waals surface area contributed by atoms with Crippen LogP contribution in [0.15, 0.2) is 54.6 Å². The predicted octanol–water partition coefficient (Wildman–Crippen LogP) is 3.87. The van der Waals surface area contributed by atoms with E-state index in [1.165, 1.54) is 11.1 Å². The average molecular weight is 424 g/mol. The molecule has 4 nitrogen and oxygen atoms in total. The second kappa shape index (κ2) is 10.8. The highest BCUT2D eigenvalue weighted by molar-refractivity contribution is 5.85. The fourth-order valence-electron chi connectivity index (χ4n) is 3.53. The number of carbonyl (C=O) groups excluding carboxylic acids is 1. The van der Waals surface area contributed by atoms with Gasteiger partial charge in [-0.3, -0.25) is 9.69 Å². The van der Waals surface area contributed by atoms with Crippen molar-refractivity contribution in [3.63, 3.8) is 0 Å². The second-order valence-electron chi connectivity index (χ2n) is 7.75. The van der Waals surface area contributed by atoms with E-state index in [4.69, 9.17) is 5.73 Å². The van der Waals surface area contributed by atoms with Gasteiger partial charge in [-0.15, -0.1) is 24.8 Å². The summed E-state index contributed by atoms with van der Waals surface area (Å²) in [4.78, 5) is 14.8. The Morgan fingerprint density at radius 1 is 1.07 bits per heavy atom. The molecule has 154 valence electrons. The summed E-state index contributed by atoms with van der Waals surface area (Å²) in [7, 11) is 0. The van der Waals surface area contributed by atoms with Crippen LogP contribution in [-0.4, -0.2) is 29.4 Å². The Morgan fingerprint density at radius 2 is 1.68 bits per heavy atom. The van der Waals surface area contributed by atoms with Crippen LogP contribution in [0.3, 0.4) is 0 Å². The number of amides is 1. The number of hydrogen-bond acceptors (Lipinski definition) is 3. The Morgan fingerprint density at radius 3 is 2.36 bits per heavy atom. The molecule has 1 aliphatic rings. The van der Waals surface area contributed by atoms with Crippen molar-refractivity contribution in [2.24, 2.45) is 5.73 Å². The molecule has 0 spiro atoms. The predicted molar refractivity (Wildman–Crippen MR) is 120 cm³/mol.